The van der Waals surface area contributed by atoms with Gasteiger partial charge in [-0.2, -0.15) is 12.6 Å². The van der Waals surface area contributed by atoms with Crippen LogP contribution in [0.4, 0.5) is 0 Å². The Morgan fingerprint density at radius 2 is 2.22 bits per heavy atom. The standard InChI is InChI=1S/C6H15NOS/c1-6(9)2-4-8-5-3-7/h6,9H,2-5,7H2,1H3. The summed E-state index contributed by atoms with van der Waals surface area (Å²) < 4.78 is 5.12. The zero-order chi connectivity index (χ0) is 7.11. The van der Waals surface area contributed by atoms with Gasteiger partial charge in [-0.1, -0.05) is 6.92 Å². The molecule has 9 heavy (non-hydrogen) atoms. The van der Waals surface area contributed by atoms with Crippen molar-refractivity contribution in [2.75, 3.05) is 19.8 Å². The van der Waals surface area contributed by atoms with E-state index in [9.17, 15) is 0 Å². The van der Waals surface area contributed by atoms with Gasteiger partial charge in [-0.25, -0.2) is 0 Å². The van der Waals surface area contributed by atoms with Gasteiger partial charge in [-0.3, -0.25) is 0 Å². The maximum absolute atomic E-state index is 5.20. The van der Waals surface area contributed by atoms with Crippen LogP contribution in [0.2, 0.25) is 0 Å². The minimum atomic E-state index is 0.433. The topological polar surface area (TPSA) is 35.2 Å². The van der Waals surface area contributed by atoms with E-state index >= 15 is 0 Å². The summed E-state index contributed by atoms with van der Waals surface area (Å²) in [4.78, 5) is 0. The molecule has 0 fully saturated rings. The van der Waals surface area contributed by atoms with Crippen LogP contribution < -0.4 is 5.73 Å². The lowest BCUT2D eigenvalue weighted by atomic mass is 10.3. The summed E-state index contributed by atoms with van der Waals surface area (Å²) in [6.07, 6.45) is 1.00. The van der Waals surface area contributed by atoms with Crippen LogP contribution in [0.3, 0.4) is 0 Å². The first-order valence-corrected chi connectivity index (χ1v) is 3.75. The van der Waals surface area contributed by atoms with Gasteiger partial charge in [0.2, 0.25) is 0 Å². The normalized spacial score (nSPS) is 13.7. The molecule has 0 aliphatic rings. The van der Waals surface area contributed by atoms with Gasteiger partial charge in [-0.05, 0) is 6.42 Å². The van der Waals surface area contributed by atoms with Crippen LogP contribution >= 0.6 is 12.6 Å². The second kappa shape index (κ2) is 6.39. The SMILES string of the molecule is CC(S)CCOCCN. The number of ether oxygens (including phenoxy) is 1. The third kappa shape index (κ3) is 8.27. The predicted octanol–water partition coefficient (Wildman–Crippen LogP) is 0.670. The first-order valence-electron chi connectivity index (χ1n) is 3.23. The van der Waals surface area contributed by atoms with E-state index in [0.29, 0.717) is 18.4 Å². The molecule has 0 spiro atoms. The minimum absolute atomic E-state index is 0.433. The minimum Gasteiger partial charge on any atom is -0.380 e. The van der Waals surface area contributed by atoms with E-state index in [2.05, 4.69) is 19.6 Å². The number of rotatable bonds is 5. The molecule has 3 heteroatoms. The largest absolute Gasteiger partial charge is 0.380 e. The lowest BCUT2D eigenvalue weighted by Gasteiger charge is -2.03. The van der Waals surface area contributed by atoms with Crippen molar-refractivity contribution in [2.24, 2.45) is 5.73 Å². The van der Waals surface area contributed by atoms with Crippen molar-refractivity contribution >= 4 is 12.6 Å². The monoisotopic (exact) mass is 149 g/mol. The molecule has 1 unspecified atom stereocenters. The highest BCUT2D eigenvalue weighted by Crippen LogP contribution is 1.97. The Morgan fingerprint density at radius 1 is 1.56 bits per heavy atom. The summed E-state index contributed by atoms with van der Waals surface area (Å²) in [6, 6.07) is 0. The van der Waals surface area contributed by atoms with Crippen molar-refractivity contribution in [1.29, 1.82) is 0 Å². The maximum Gasteiger partial charge on any atom is 0.0588 e. The van der Waals surface area contributed by atoms with Gasteiger partial charge in [0.25, 0.3) is 0 Å². The van der Waals surface area contributed by atoms with E-state index in [1.54, 1.807) is 0 Å². The van der Waals surface area contributed by atoms with Crippen molar-refractivity contribution in [3.63, 3.8) is 0 Å². The zero-order valence-corrected chi connectivity index (χ0v) is 6.73. The first kappa shape index (κ1) is 9.27. The molecule has 0 heterocycles. The number of hydrogen-bond donors (Lipinski definition) is 2. The number of hydrogen-bond acceptors (Lipinski definition) is 3. The van der Waals surface area contributed by atoms with Gasteiger partial charge in [0.15, 0.2) is 0 Å². The summed E-state index contributed by atoms with van der Waals surface area (Å²) in [6.45, 7) is 4.11. The van der Waals surface area contributed by atoms with Crippen LogP contribution in [0.1, 0.15) is 13.3 Å². The van der Waals surface area contributed by atoms with E-state index in [1.165, 1.54) is 0 Å². The number of nitrogens with two attached hydrogens (primary N) is 1. The molecule has 0 saturated heterocycles. The van der Waals surface area contributed by atoms with E-state index in [4.69, 9.17) is 10.5 Å². The Labute approximate surface area is 62.2 Å². The number of thiol groups is 1. The average Bonchev–Trinajstić information content (AvgIpc) is 1.80. The van der Waals surface area contributed by atoms with Gasteiger partial charge >= 0.3 is 0 Å². The Hall–Kier alpha value is 0.270. The van der Waals surface area contributed by atoms with Gasteiger partial charge in [0, 0.05) is 18.4 Å². The molecule has 1 atom stereocenters. The van der Waals surface area contributed by atoms with Gasteiger partial charge < -0.3 is 10.5 Å². The van der Waals surface area contributed by atoms with Gasteiger partial charge in [0.05, 0.1) is 6.61 Å². The van der Waals surface area contributed by atoms with E-state index in [-0.39, 0.29) is 0 Å². The molecule has 0 saturated carbocycles. The molecule has 0 aromatic heterocycles. The Kier molecular flexibility index (Phi) is 6.58. The van der Waals surface area contributed by atoms with Gasteiger partial charge in [0.1, 0.15) is 0 Å². The molecule has 0 bridgehead atoms. The fraction of sp³-hybridized carbons (Fsp3) is 1.00. The molecule has 0 aromatic carbocycles. The second-order valence-electron chi connectivity index (χ2n) is 2.04. The third-order valence-corrected chi connectivity index (χ3v) is 1.20. The second-order valence-corrected chi connectivity index (χ2v) is 2.92. The van der Waals surface area contributed by atoms with Crippen LogP contribution in [-0.2, 0) is 4.74 Å². The van der Waals surface area contributed by atoms with Crippen LogP contribution in [0, 0.1) is 0 Å². The third-order valence-electron chi connectivity index (χ3n) is 0.942. The predicted molar refractivity (Wildman–Crippen MR) is 42.9 cm³/mol. The molecule has 2 nitrogen and oxygen atoms in total. The Bertz CT molecular complexity index is 59.0. The maximum atomic E-state index is 5.20. The highest BCUT2D eigenvalue weighted by atomic mass is 32.1. The van der Waals surface area contributed by atoms with E-state index in [0.717, 1.165) is 13.0 Å². The van der Waals surface area contributed by atoms with Crippen LogP contribution in [0.25, 0.3) is 0 Å². The fourth-order valence-corrected chi connectivity index (χ4v) is 0.545. The summed E-state index contributed by atoms with van der Waals surface area (Å²) >= 11 is 4.19. The highest BCUT2D eigenvalue weighted by molar-refractivity contribution is 7.80. The molecular formula is C6H15NOS. The lowest BCUT2D eigenvalue weighted by molar-refractivity contribution is 0.139. The lowest BCUT2D eigenvalue weighted by Crippen LogP contribution is -2.10. The summed E-state index contributed by atoms with van der Waals surface area (Å²) in [5.74, 6) is 0. The van der Waals surface area contributed by atoms with Crippen molar-refractivity contribution in [3.05, 3.63) is 0 Å². The summed E-state index contributed by atoms with van der Waals surface area (Å²) in [5, 5.41) is 0.433. The molecule has 0 rings (SSSR count). The molecular weight excluding hydrogens is 134 g/mol. The van der Waals surface area contributed by atoms with E-state index in [1.807, 2.05) is 0 Å². The first-order chi connectivity index (χ1) is 4.27. The van der Waals surface area contributed by atoms with Gasteiger partial charge in [-0.15, -0.1) is 0 Å². The molecule has 0 radical (unpaired) electrons. The summed E-state index contributed by atoms with van der Waals surface area (Å²) in [7, 11) is 0. The molecule has 56 valence electrons. The van der Waals surface area contributed by atoms with Crippen LogP contribution in [0.5, 0.6) is 0 Å². The highest BCUT2D eigenvalue weighted by Gasteiger charge is 1.92. The summed E-state index contributed by atoms with van der Waals surface area (Å²) in [5.41, 5.74) is 5.20. The van der Waals surface area contributed by atoms with E-state index < -0.39 is 0 Å². The quantitative estimate of drug-likeness (QED) is 0.445. The molecule has 2 N–H and O–H groups in total. The van der Waals surface area contributed by atoms with Crippen molar-refractivity contribution < 1.29 is 4.74 Å². The zero-order valence-electron chi connectivity index (χ0n) is 5.84. The van der Waals surface area contributed by atoms with Crippen molar-refractivity contribution in [2.45, 2.75) is 18.6 Å². The Morgan fingerprint density at radius 3 is 2.67 bits per heavy atom. The fourth-order valence-electron chi connectivity index (χ4n) is 0.439. The van der Waals surface area contributed by atoms with Crippen molar-refractivity contribution in [3.8, 4) is 0 Å². The van der Waals surface area contributed by atoms with Crippen LogP contribution in [0.15, 0.2) is 0 Å². The van der Waals surface area contributed by atoms with Crippen molar-refractivity contribution in [1.82, 2.24) is 0 Å². The van der Waals surface area contributed by atoms with Crippen LogP contribution in [-0.4, -0.2) is 25.0 Å². The molecule has 0 aliphatic carbocycles. The average molecular weight is 149 g/mol. The molecule has 0 amide bonds. The molecule has 0 aliphatic heterocycles. The smallest absolute Gasteiger partial charge is 0.0588 e. The Balaban J connectivity index is 2.75. The molecule has 0 aromatic rings.